The molecule has 0 aliphatic rings. The number of hydrogen-bond donors (Lipinski definition) is 3. The summed E-state index contributed by atoms with van der Waals surface area (Å²) in [6, 6.07) is 18.1. The average molecular weight is 518 g/mol. The van der Waals surface area contributed by atoms with Crippen LogP contribution < -0.4 is 19.9 Å². The van der Waals surface area contributed by atoms with E-state index >= 15 is 0 Å². The van der Waals surface area contributed by atoms with Gasteiger partial charge in [0.25, 0.3) is 0 Å². The molecule has 0 unspecified atom stereocenters. The number of methoxy groups -OCH3 is 1. The SMILES string of the molecule is COc1ccc(S(=O)(=O)N[C@H](Cc2ccccc2)C(=O)NCc2ccc(S(N)(=O)=O)cc2)cc1C. The minimum atomic E-state index is -4.02. The summed E-state index contributed by atoms with van der Waals surface area (Å²) < 4.78 is 56.7. The third-order valence-corrected chi connectivity index (χ3v) is 7.69. The van der Waals surface area contributed by atoms with E-state index < -0.39 is 32.0 Å². The van der Waals surface area contributed by atoms with E-state index in [1.54, 1.807) is 37.3 Å². The molecule has 0 saturated heterocycles. The van der Waals surface area contributed by atoms with Gasteiger partial charge < -0.3 is 10.1 Å². The van der Waals surface area contributed by atoms with Crippen LogP contribution in [-0.4, -0.2) is 35.9 Å². The summed E-state index contributed by atoms with van der Waals surface area (Å²) in [5.74, 6) is 0.0224. The lowest BCUT2D eigenvalue weighted by Crippen LogP contribution is -2.47. The number of aryl methyl sites for hydroxylation is 1. The zero-order chi connectivity index (χ0) is 25.6. The van der Waals surface area contributed by atoms with E-state index in [-0.39, 0.29) is 22.8 Å². The Morgan fingerprint density at radius 3 is 2.11 bits per heavy atom. The van der Waals surface area contributed by atoms with Crippen LogP contribution >= 0.6 is 0 Å². The topological polar surface area (TPSA) is 145 Å². The number of benzene rings is 3. The molecular formula is C24H27N3O6S2. The molecule has 0 aromatic heterocycles. The first-order valence-corrected chi connectivity index (χ1v) is 13.6. The first-order chi connectivity index (χ1) is 16.5. The van der Waals surface area contributed by atoms with Crippen LogP contribution in [0.1, 0.15) is 16.7 Å². The molecule has 11 heteroatoms. The van der Waals surface area contributed by atoms with Crippen LogP contribution in [0.5, 0.6) is 5.75 Å². The zero-order valence-electron chi connectivity index (χ0n) is 19.3. The highest BCUT2D eigenvalue weighted by atomic mass is 32.2. The third-order valence-electron chi connectivity index (χ3n) is 5.29. The Bertz CT molecular complexity index is 1390. The van der Waals surface area contributed by atoms with Crippen molar-refractivity contribution in [3.63, 3.8) is 0 Å². The molecule has 0 aliphatic carbocycles. The van der Waals surface area contributed by atoms with Crippen LogP contribution in [0.25, 0.3) is 0 Å². The smallest absolute Gasteiger partial charge is 0.241 e. The molecule has 4 N–H and O–H groups in total. The van der Waals surface area contributed by atoms with Crippen LogP contribution in [0, 0.1) is 6.92 Å². The highest BCUT2D eigenvalue weighted by Gasteiger charge is 2.26. The second kappa shape index (κ2) is 11.0. The summed E-state index contributed by atoms with van der Waals surface area (Å²) in [6.45, 7) is 1.80. The number of hydrogen-bond acceptors (Lipinski definition) is 6. The largest absolute Gasteiger partial charge is 0.496 e. The van der Waals surface area contributed by atoms with E-state index in [1.165, 1.54) is 43.5 Å². The van der Waals surface area contributed by atoms with Crippen molar-refractivity contribution >= 4 is 26.0 Å². The molecule has 9 nitrogen and oxygen atoms in total. The van der Waals surface area contributed by atoms with Crippen molar-refractivity contribution in [3.8, 4) is 5.75 Å². The Hall–Kier alpha value is -3.25. The van der Waals surface area contributed by atoms with E-state index in [0.29, 0.717) is 16.9 Å². The fourth-order valence-corrected chi connectivity index (χ4v) is 5.22. The van der Waals surface area contributed by atoms with Gasteiger partial charge in [0.05, 0.1) is 16.9 Å². The molecule has 0 fully saturated rings. The van der Waals surface area contributed by atoms with Crippen molar-refractivity contribution in [1.82, 2.24) is 10.0 Å². The number of amides is 1. The van der Waals surface area contributed by atoms with Crippen LogP contribution in [0.3, 0.4) is 0 Å². The minimum absolute atomic E-state index is 0.0141. The average Bonchev–Trinajstić information content (AvgIpc) is 2.82. The standard InChI is InChI=1S/C24H27N3O6S2/c1-17-14-21(12-13-23(17)33-2)35(31,32)27-22(15-18-6-4-3-5-7-18)24(28)26-16-19-8-10-20(11-9-19)34(25,29)30/h3-14,22,27H,15-16H2,1-2H3,(H,26,28)(H2,25,29,30)/t22-/m1/s1. The predicted octanol–water partition coefficient (Wildman–Crippen LogP) is 1.86. The number of rotatable bonds is 10. The Labute approximate surface area is 205 Å². The van der Waals surface area contributed by atoms with Gasteiger partial charge >= 0.3 is 0 Å². The molecule has 3 aromatic rings. The van der Waals surface area contributed by atoms with Crippen LogP contribution in [0.4, 0.5) is 0 Å². The molecule has 0 radical (unpaired) electrons. The number of nitrogens with one attached hydrogen (secondary N) is 2. The molecule has 0 spiro atoms. The quantitative estimate of drug-likeness (QED) is 0.374. The van der Waals surface area contributed by atoms with Crippen LogP contribution in [-0.2, 0) is 37.8 Å². The van der Waals surface area contributed by atoms with Gasteiger partial charge in [-0.3, -0.25) is 4.79 Å². The normalized spacial score (nSPS) is 12.7. The fraction of sp³-hybridized carbons (Fsp3) is 0.208. The zero-order valence-corrected chi connectivity index (χ0v) is 20.9. The van der Waals surface area contributed by atoms with E-state index in [2.05, 4.69) is 10.0 Å². The second-order valence-electron chi connectivity index (χ2n) is 7.90. The van der Waals surface area contributed by atoms with E-state index in [9.17, 15) is 21.6 Å². The van der Waals surface area contributed by atoms with Crippen LogP contribution in [0.15, 0.2) is 82.6 Å². The molecule has 35 heavy (non-hydrogen) atoms. The summed E-state index contributed by atoms with van der Waals surface area (Å²) in [5.41, 5.74) is 2.04. The van der Waals surface area contributed by atoms with Crippen LogP contribution in [0.2, 0.25) is 0 Å². The van der Waals surface area contributed by atoms with Gasteiger partial charge in [-0.2, -0.15) is 4.72 Å². The molecule has 1 atom stereocenters. The number of nitrogens with two attached hydrogens (primary N) is 1. The number of carbonyl (C=O) groups excluding carboxylic acids is 1. The van der Waals surface area contributed by atoms with E-state index in [4.69, 9.17) is 9.88 Å². The van der Waals surface area contributed by atoms with Gasteiger partial charge in [-0.25, -0.2) is 22.0 Å². The number of sulfonamides is 2. The van der Waals surface area contributed by atoms with Gasteiger partial charge in [0.15, 0.2) is 0 Å². The Morgan fingerprint density at radius 2 is 1.54 bits per heavy atom. The van der Waals surface area contributed by atoms with Crippen molar-refractivity contribution in [1.29, 1.82) is 0 Å². The Kier molecular flexibility index (Phi) is 8.28. The molecule has 3 aromatic carbocycles. The predicted molar refractivity (Wildman–Crippen MR) is 132 cm³/mol. The molecular weight excluding hydrogens is 490 g/mol. The molecule has 0 heterocycles. The molecule has 0 saturated carbocycles. The van der Waals surface area contributed by atoms with Crippen molar-refractivity contribution in [2.24, 2.45) is 5.14 Å². The molecule has 0 aliphatic heterocycles. The maximum atomic E-state index is 13.1. The summed E-state index contributed by atoms with van der Waals surface area (Å²) in [4.78, 5) is 13.0. The summed E-state index contributed by atoms with van der Waals surface area (Å²) >= 11 is 0. The fourth-order valence-electron chi connectivity index (χ4n) is 3.42. The molecule has 0 bridgehead atoms. The van der Waals surface area contributed by atoms with Crippen molar-refractivity contribution in [2.75, 3.05) is 7.11 Å². The minimum Gasteiger partial charge on any atom is -0.496 e. The Morgan fingerprint density at radius 1 is 0.914 bits per heavy atom. The van der Waals surface area contributed by atoms with Gasteiger partial charge in [-0.1, -0.05) is 42.5 Å². The molecule has 1 amide bonds. The first kappa shape index (κ1) is 26.4. The summed E-state index contributed by atoms with van der Waals surface area (Å²) in [6.07, 6.45) is 0.130. The number of ether oxygens (including phenoxy) is 1. The van der Waals surface area contributed by atoms with Gasteiger partial charge in [0, 0.05) is 6.54 Å². The third kappa shape index (κ3) is 7.12. The van der Waals surface area contributed by atoms with Gasteiger partial charge in [0.1, 0.15) is 11.8 Å². The lowest BCUT2D eigenvalue weighted by Gasteiger charge is -2.19. The second-order valence-corrected chi connectivity index (χ2v) is 11.2. The van der Waals surface area contributed by atoms with Gasteiger partial charge in [-0.05, 0) is 60.4 Å². The number of carbonyl (C=O) groups is 1. The first-order valence-electron chi connectivity index (χ1n) is 10.6. The maximum Gasteiger partial charge on any atom is 0.241 e. The van der Waals surface area contributed by atoms with E-state index in [1.807, 2.05) is 6.07 Å². The van der Waals surface area contributed by atoms with Crippen molar-refractivity contribution < 1.29 is 26.4 Å². The lowest BCUT2D eigenvalue weighted by molar-refractivity contribution is -0.122. The molecule has 186 valence electrons. The molecule has 3 rings (SSSR count). The lowest BCUT2D eigenvalue weighted by atomic mass is 10.1. The maximum absolute atomic E-state index is 13.1. The highest BCUT2D eigenvalue weighted by Crippen LogP contribution is 2.21. The highest BCUT2D eigenvalue weighted by molar-refractivity contribution is 7.89. The monoisotopic (exact) mass is 517 g/mol. The Balaban J connectivity index is 1.79. The van der Waals surface area contributed by atoms with Crippen molar-refractivity contribution in [3.05, 3.63) is 89.5 Å². The summed E-state index contributed by atoms with van der Waals surface area (Å²) in [5, 5.41) is 7.82. The number of primary sulfonamides is 1. The van der Waals surface area contributed by atoms with Gasteiger partial charge in [-0.15, -0.1) is 0 Å². The van der Waals surface area contributed by atoms with Gasteiger partial charge in [0.2, 0.25) is 26.0 Å². The summed E-state index contributed by atoms with van der Waals surface area (Å²) in [7, 11) is -6.35. The van der Waals surface area contributed by atoms with Crippen molar-refractivity contribution in [2.45, 2.75) is 35.7 Å². The van der Waals surface area contributed by atoms with E-state index in [0.717, 1.165) is 5.56 Å².